The number of nitrogens with one attached hydrogen (secondary N) is 1. The van der Waals surface area contributed by atoms with Crippen LogP contribution in [0, 0.1) is 0 Å². The predicted octanol–water partition coefficient (Wildman–Crippen LogP) is 7.68. The molecule has 2 aromatic carbocycles. The van der Waals surface area contributed by atoms with Gasteiger partial charge < -0.3 is 9.74 Å². The molecule has 0 saturated heterocycles. The first-order chi connectivity index (χ1) is 12.6. The molecule has 0 aliphatic rings. The zero-order valence-electron chi connectivity index (χ0n) is 17.6. The molecule has 2 atom stereocenters. The van der Waals surface area contributed by atoms with Gasteiger partial charge in [0.05, 0.1) is 12.1 Å². The Morgan fingerprint density at radius 2 is 1.59 bits per heavy atom. The number of hydrogen-bond donors (Lipinski definition) is 1. The van der Waals surface area contributed by atoms with Gasteiger partial charge in [-0.3, -0.25) is 0 Å². The summed E-state index contributed by atoms with van der Waals surface area (Å²) in [6.07, 6.45) is 2.21. The molecule has 0 aliphatic heterocycles. The first-order valence-electron chi connectivity index (χ1n) is 9.89. The van der Waals surface area contributed by atoms with E-state index < -0.39 is 8.32 Å². The minimum absolute atomic E-state index is 0.0822. The van der Waals surface area contributed by atoms with Crippen molar-refractivity contribution in [2.75, 3.05) is 5.32 Å². The molecule has 1 N–H and O–H groups in total. The standard InChI is InChI=1S/C23H34ClNOSi/c1-7-11-21(26-27(5,6)23(2,3)4)22(18-14-16-19(24)17-15-18)25-20-12-9-8-10-13-20/h8-10,12-17,21-22,25H,7,11H2,1-6H3/t21-,22+/m0/s1. The highest BCUT2D eigenvalue weighted by Gasteiger charge is 2.40. The molecule has 0 saturated carbocycles. The van der Waals surface area contributed by atoms with Crippen LogP contribution in [0.25, 0.3) is 0 Å². The Hall–Kier alpha value is -1.29. The van der Waals surface area contributed by atoms with Crippen LogP contribution >= 0.6 is 11.6 Å². The fourth-order valence-electron chi connectivity index (χ4n) is 2.91. The van der Waals surface area contributed by atoms with E-state index in [1.807, 2.05) is 18.2 Å². The second-order valence-electron chi connectivity index (χ2n) is 8.74. The molecule has 0 aromatic heterocycles. The van der Waals surface area contributed by atoms with Crippen LogP contribution in [0.2, 0.25) is 23.2 Å². The second-order valence-corrected chi connectivity index (χ2v) is 13.9. The topological polar surface area (TPSA) is 21.3 Å². The third kappa shape index (κ3) is 6.10. The maximum atomic E-state index is 6.91. The average Bonchev–Trinajstić information content (AvgIpc) is 2.60. The molecule has 0 radical (unpaired) electrons. The molecule has 0 fully saturated rings. The zero-order chi connectivity index (χ0) is 20.1. The molecule has 2 nitrogen and oxygen atoms in total. The van der Waals surface area contributed by atoms with Crippen molar-refractivity contribution in [2.45, 2.75) is 70.8 Å². The monoisotopic (exact) mass is 403 g/mol. The van der Waals surface area contributed by atoms with Crippen LogP contribution in [0.4, 0.5) is 5.69 Å². The zero-order valence-corrected chi connectivity index (χ0v) is 19.3. The van der Waals surface area contributed by atoms with Gasteiger partial charge in [-0.05, 0) is 54.4 Å². The lowest BCUT2D eigenvalue weighted by Crippen LogP contribution is -2.46. The van der Waals surface area contributed by atoms with E-state index in [1.54, 1.807) is 0 Å². The number of benzene rings is 2. The van der Waals surface area contributed by atoms with E-state index in [1.165, 1.54) is 5.56 Å². The van der Waals surface area contributed by atoms with Crippen LogP contribution in [0.15, 0.2) is 54.6 Å². The molecule has 0 heterocycles. The normalized spacial score (nSPS) is 14.6. The minimum atomic E-state index is -1.90. The van der Waals surface area contributed by atoms with Gasteiger partial charge in [-0.25, -0.2) is 0 Å². The molecule has 2 rings (SSSR count). The van der Waals surface area contributed by atoms with Gasteiger partial charge in [-0.1, -0.05) is 76.0 Å². The predicted molar refractivity (Wildman–Crippen MR) is 121 cm³/mol. The maximum absolute atomic E-state index is 6.91. The van der Waals surface area contributed by atoms with E-state index in [4.69, 9.17) is 16.0 Å². The first kappa shape index (κ1) is 22.0. The summed E-state index contributed by atoms with van der Waals surface area (Å²) in [7, 11) is -1.90. The first-order valence-corrected chi connectivity index (χ1v) is 13.2. The number of anilines is 1. The SMILES string of the molecule is CCC[C@H](O[Si](C)(C)C(C)(C)C)[C@H](Nc1ccccc1)c1ccc(Cl)cc1. The van der Waals surface area contributed by atoms with E-state index in [0.29, 0.717) is 0 Å². The van der Waals surface area contributed by atoms with Crippen molar-refractivity contribution in [3.05, 3.63) is 65.2 Å². The molecule has 27 heavy (non-hydrogen) atoms. The Labute approximate surface area is 171 Å². The Morgan fingerprint density at radius 3 is 2.11 bits per heavy atom. The summed E-state index contributed by atoms with van der Waals surface area (Å²) in [6.45, 7) is 13.8. The summed E-state index contributed by atoms with van der Waals surface area (Å²) >= 11 is 6.14. The van der Waals surface area contributed by atoms with E-state index in [-0.39, 0.29) is 17.2 Å². The largest absolute Gasteiger partial charge is 0.411 e. The summed E-state index contributed by atoms with van der Waals surface area (Å²) in [5.41, 5.74) is 2.32. The minimum Gasteiger partial charge on any atom is -0.411 e. The molecule has 0 aliphatic carbocycles. The molecule has 0 unspecified atom stereocenters. The van der Waals surface area contributed by atoms with Gasteiger partial charge in [0.1, 0.15) is 0 Å². The third-order valence-electron chi connectivity index (χ3n) is 5.52. The lowest BCUT2D eigenvalue weighted by molar-refractivity contribution is 0.149. The van der Waals surface area contributed by atoms with E-state index in [9.17, 15) is 0 Å². The van der Waals surface area contributed by atoms with Crippen molar-refractivity contribution in [3.8, 4) is 0 Å². The number of halogens is 1. The molecule has 4 heteroatoms. The summed E-state index contributed by atoms with van der Waals surface area (Å²) < 4.78 is 6.91. The van der Waals surface area contributed by atoms with Crippen molar-refractivity contribution < 1.29 is 4.43 Å². The Morgan fingerprint density at radius 1 is 1.00 bits per heavy atom. The fourth-order valence-corrected chi connectivity index (χ4v) is 4.40. The second kappa shape index (κ2) is 9.27. The summed E-state index contributed by atoms with van der Waals surface area (Å²) in [4.78, 5) is 0. The van der Waals surface area contributed by atoms with Gasteiger partial charge in [-0.2, -0.15) is 0 Å². The summed E-state index contributed by atoms with van der Waals surface area (Å²) in [5, 5.41) is 4.66. The van der Waals surface area contributed by atoms with Crippen LogP contribution < -0.4 is 5.32 Å². The average molecular weight is 404 g/mol. The maximum Gasteiger partial charge on any atom is 0.192 e. The smallest absolute Gasteiger partial charge is 0.192 e. The van der Waals surface area contributed by atoms with Crippen LogP contribution in [-0.2, 0) is 4.43 Å². The van der Waals surface area contributed by atoms with Crippen molar-refractivity contribution >= 4 is 25.6 Å². The van der Waals surface area contributed by atoms with Crippen LogP contribution in [-0.4, -0.2) is 14.4 Å². The number of para-hydroxylation sites is 1. The van der Waals surface area contributed by atoms with Crippen LogP contribution in [0.3, 0.4) is 0 Å². The lowest BCUT2D eigenvalue weighted by Gasteiger charge is -2.42. The number of rotatable bonds is 8. The fraction of sp³-hybridized carbons (Fsp3) is 0.478. The lowest BCUT2D eigenvalue weighted by atomic mass is 9.98. The van der Waals surface area contributed by atoms with Crippen molar-refractivity contribution in [2.24, 2.45) is 0 Å². The van der Waals surface area contributed by atoms with Crippen LogP contribution in [0.1, 0.15) is 52.1 Å². The van der Waals surface area contributed by atoms with Gasteiger partial charge in [0, 0.05) is 10.7 Å². The molecule has 148 valence electrons. The molecular weight excluding hydrogens is 370 g/mol. The number of hydrogen-bond acceptors (Lipinski definition) is 2. The summed E-state index contributed by atoms with van der Waals surface area (Å²) in [5.74, 6) is 0. The van der Waals surface area contributed by atoms with E-state index in [2.05, 4.69) is 82.5 Å². The van der Waals surface area contributed by atoms with Crippen molar-refractivity contribution in [3.63, 3.8) is 0 Å². The molecule has 0 spiro atoms. The van der Waals surface area contributed by atoms with E-state index >= 15 is 0 Å². The van der Waals surface area contributed by atoms with Gasteiger partial charge >= 0.3 is 0 Å². The van der Waals surface area contributed by atoms with Gasteiger partial charge in [0.25, 0.3) is 0 Å². The Bertz CT molecular complexity index is 695. The van der Waals surface area contributed by atoms with Crippen molar-refractivity contribution in [1.29, 1.82) is 0 Å². The van der Waals surface area contributed by atoms with Crippen molar-refractivity contribution in [1.82, 2.24) is 0 Å². The highest BCUT2D eigenvalue weighted by atomic mass is 35.5. The third-order valence-corrected chi connectivity index (χ3v) is 10.3. The Balaban J connectivity index is 2.39. The highest BCUT2D eigenvalue weighted by molar-refractivity contribution is 6.74. The van der Waals surface area contributed by atoms with Gasteiger partial charge in [-0.15, -0.1) is 0 Å². The molecular formula is C23H34ClNOSi. The quantitative estimate of drug-likeness (QED) is 0.456. The highest BCUT2D eigenvalue weighted by Crippen LogP contribution is 2.40. The van der Waals surface area contributed by atoms with Gasteiger partial charge in [0.2, 0.25) is 0 Å². The Kier molecular flexibility index (Phi) is 7.55. The molecule has 0 bridgehead atoms. The molecule has 2 aromatic rings. The van der Waals surface area contributed by atoms with Crippen LogP contribution in [0.5, 0.6) is 0 Å². The van der Waals surface area contributed by atoms with Gasteiger partial charge in [0.15, 0.2) is 8.32 Å². The summed E-state index contributed by atoms with van der Waals surface area (Å²) in [6, 6.07) is 18.6. The molecule has 0 amide bonds. The van der Waals surface area contributed by atoms with E-state index in [0.717, 1.165) is 23.6 Å².